The van der Waals surface area contributed by atoms with E-state index >= 15 is 0 Å². The highest BCUT2D eigenvalue weighted by molar-refractivity contribution is 9.12. The zero-order valence-corrected chi connectivity index (χ0v) is 16.1. The normalized spacial score (nSPS) is 12.4. The van der Waals surface area contributed by atoms with Crippen molar-refractivity contribution in [3.63, 3.8) is 0 Å². The minimum atomic E-state index is 0.164. The van der Waals surface area contributed by atoms with Crippen LogP contribution in [0.3, 0.4) is 0 Å². The summed E-state index contributed by atoms with van der Waals surface area (Å²) in [6.45, 7) is 5.90. The average molecular weight is 433 g/mol. The molecule has 0 fully saturated rings. The van der Waals surface area contributed by atoms with Crippen LogP contribution < -0.4 is 10.1 Å². The average Bonchev–Trinajstić information content (AvgIpc) is 2.81. The fourth-order valence-electron chi connectivity index (χ4n) is 2.17. The molecule has 2 rings (SSSR count). The van der Waals surface area contributed by atoms with Crippen molar-refractivity contribution in [3.05, 3.63) is 49.0 Å². The summed E-state index contributed by atoms with van der Waals surface area (Å²) in [6, 6.07) is 10.7. The van der Waals surface area contributed by atoms with Crippen LogP contribution in [0.2, 0.25) is 0 Å². The maximum Gasteiger partial charge on any atom is 0.119 e. The minimum Gasteiger partial charge on any atom is -0.494 e. The molecular weight excluding hydrogens is 414 g/mol. The van der Waals surface area contributed by atoms with Crippen molar-refractivity contribution in [1.82, 2.24) is 5.32 Å². The van der Waals surface area contributed by atoms with Crippen LogP contribution in [0.5, 0.6) is 5.75 Å². The van der Waals surface area contributed by atoms with Gasteiger partial charge in [0.25, 0.3) is 0 Å². The Balaban J connectivity index is 2.31. The summed E-state index contributed by atoms with van der Waals surface area (Å²) in [7, 11) is 0. The van der Waals surface area contributed by atoms with E-state index in [-0.39, 0.29) is 6.04 Å². The second-order valence-electron chi connectivity index (χ2n) is 4.69. The topological polar surface area (TPSA) is 21.3 Å². The van der Waals surface area contributed by atoms with E-state index in [9.17, 15) is 0 Å². The molecular formula is C16H19Br2NOS. The van der Waals surface area contributed by atoms with Gasteiger partial charge in [-0.1, -0.05) is 26.0 Å². The van der Waals surface area contributed by atoms with Gasteiger partial charge in [-0.25, -0.2) is 0 Å². The van der Waals surface area contributed by atoms with Gasteiger partial charge in [-0.2, -0.15) is 0 Å². The quantitative estimate of drug-likeness (QED) is 0.600. The number of rotatable bonds is 7. The molecule has 1 atom stereocenters. The molecule has 0 saturated heterocycles. The van der Waals surface area contributed by atoms with Gasteiger partial charge in [0.2, 0.25) is 0 Å². The molecule has 2 aromatic rings. The number of hydrogen-bond donors (Lipinski definition) is 1. The molecule has 0 bridgehead atoms. The van der Waals surface area contributed by atoms with E-state index in [0.29, 0.717) is 0 Å². The molecule has 21 heavy (non-hydrogen) atoms. The first-order valence-electron chi connectivity index (χ1n) is 7.06. The van der Waals surface area contributed by atoms with Gasteiger partial charge in [0.15, 0.2) is 0 Å². The summed E-state index contributed by atoms with van der Waals surface area (Å²) >= 11 is 8.92. The highest BCUT2D eigenvalue weighted by atomic mass is 79.9. The van der Waals surface area contributed by atoms with Crippen LogP contribution in [-0.2, 0) is 0 Å². The van der Waals surface area contributed by atoms with E-state index in [2.05, 4.69) is 75.3 Å². The van der Waals surface area contributed by atoms with E-state index in [4.69, 9.17) is 4.74 Å². The number of thiophene rings is 1. The third kappa shape index (κ3) is 4.55. The molecule has 0 aliphatic heterocycles. The second kappa shape index (κ2) is 8.32. The number of ether oxygens (including phenoxy) is 1. The van der Waals surface area contributed by atoms with Crippen molar-refractivity contribution in [2.45, 2.75) is 26.3 Å². The van der Waals surface area contributed by atoms with Gasteiger partial charge >= 0.3 is 0 Å². The third-order valence-electron chi connectivity index (χ3n) is 3.07. The fourth-order valence-corrected chi connectivity index (χ4v) is 5.07. The molecule has 0 aliphatic carbocycles. The highest BCUT2D eigenvalue weighted by Crippen LogP contribution is 2.38. The summed E-state index contributed by atoms with van der Waals surface area (Å²) in [5.74, 6) is 0.933. The van der Waals surface area contributed by atoms with Crippen molar-refractivity contribution in [2.75, 3.05) is 13.2 Å². The molecule has 1 heterocycles. The van der Waals surface area contributed by atoms with Gasteiger partial charge in [-0.05, 0) is 74.2 Å². The number of nitrogens with one attached hydrogen (secondary N) is 1. The zero-order chi connectivity index (χ0) is 15.2. The lowest BCUT2D eigenvalue weighted by Gasteiger charge is -2.19. The van der Waals surface area contributed by atoms with E-state index in [0.717, 1.165) is 32.9 Å². The van der Waals surface area contributed by atoms with Crippen molar-refractivity contribution in [2.24, 2.45) is 0 Å². The maximum atomic E-state index is 5.75. The molecule has 0 saturated carbocycles. The van der Waals surface area contributed by atoms with Crippen molar-refractivity contribution < 1.29 is 4.74 Å². The summed E-state index contributed by atoms with van der Waals surface area (Å²) in [6.07, 6.45) is 1.02. The standard InChI is InChI=1S/C16H19Br2NOS/c1-3-8-20-12-7-5-6-11(9-12)15(19-4-2)13-10-14(17)21-16(13)18/h5-7,9-10,15,19H,3-4,8H2,1-2H3. The highest BCUT2D eigenvalue weighted by Gasteiger charge is 2.18. The summed E-state index contributed by atoms with van der Waals surface area (Å²) in [4.78, 5) is 0. The van der Waals surface area contributed by atoms with Gasteiger partial charge in [-0.15, -0.1) is 11.3 Å². The lowest BCUT2D eigenvalue weighted by atomic mass is 10.0. The molecule has 0 amide bonds. The summed E-state index contributed by atoms with van der Waals surface area (Å²) in [5, 5.41) is 3.55. The molecule has 0 spiro atoms. The number of halogens is 2. The van der Waals surface area contributed by atoms with Crippen LogP contribution >= 0.6 is 43.2 Å². The lowest BCUT2D eigenvalue weighted by molar-refractivity contribution is 0.317. The van der Waals surface area contributed by atoms with Gasteiger partial charge < -0.3 is 10.1 Å². The zero-order valence-electron chi connectivity index (χ0n) is 12.2. The Hall–Kier alpha value is -0.360. The monoisotopic (exact) mass is 431 g/mol. The van der Waals surface area contributed by atoms with Crippen LogP contribution in [0, 0.1) is 0 Å². The molecule has 1 aromatic heterocycles. The van der Waals surface area contributed by atoms with Crippen LogP contribution in [-0.4, -0.2) is 13.2 Å². The predicted molar refractivity (Wildman–Crippen MR) is 97.5 cm³/mol. The van der Waals surface area contributed by atoms with Gasteiger partial charge in [-0.3, -0.25) is 0 Å². The van der Waals surface area contributed by atoms with Crippen LogP contribution in [0.15, 0.2) is 37.9 Å². The van der Waals surface area contributed by atoms with E-state index in [1.807, 2.05) is 6.07 Å². The Kier molecular flexibility index (Phi) is 6.74. The summed E-state index contributed by atoms with van der Waals surface area (Å²) < 4.78 is 8.03. The summed E-state index contributed by atoms with van der Waals surface area (Å²) in [5.41, 5.74) is 2.47. The molecule has 0 radical (unpaired) electrons. The third-order valence-corrected chi connectivity index (χ3v) is 5.45. The van der Waals surface area contributed by atoms with Gasteiger partial charge in [0.1, 0.15) is 5.75 Å². The Morgan fingerprint density at radius 3 is 2.67 bits per heavy atom. The molecule has 0 aliphatic rings. The van der Waals surface area contributed by atoms with E-state index in [1.165, 1.54) is 11.1 Å². The largest absolute Gasteiger partial charge is 0.494 e. The predicted octanol–water partition coefficient (Wildman–Crippen LogP) is 5.76. The van der Waals surface area contributed by atoms with Crippen molar-refractivity contribution in [1.29, 1.82) is 0 Å². The van der Waals surface area contributed by atoms with E-state index in [1.54, 1.807) is 11.3 Å². The molecule has 2 nitrogen and oxygen atoms in total. The number of hydrogen-bond acceptors (Lipinski definition) is 3. The fraction of sp³-hybridized carbons (Fsp3) is 0.375. The maximum absolute atomic E-state index is 5.75. The first-order chi connectivity index (χ1) is 10.2. The Labute approximate surface area is 147 Å². The van der Waals surface area contributed by atoms with Crippen molar-refractivity contribution >= 4 is 43.2 Å². The van der Waals surface area contributed by atoms with Crippen molar-refractivity contribution in [3.8, 4) is 5.75 Å². The second-order valence-corrected chi connectivity index (χ2v) is 8.44. The first-order valence-corrected chi connectivity index (χ1v) is 9.46. The smallest absolute Gasteiger partial charge is 0.119 e. The van der Waals surface area contributed by atoms with Crippen LogP contribution in [0.25, 0.3) is 0 Å². The molecule has 1 N–H and O–H groups in total. The first kappa shape index (κ1) is 17.0. The lowest BCUT2D eigenvalue weighted by Crippen LogP contribution is -2.21. The number of benzene rings is 1. The Morgan fingerprint density at radius 1 is 1.24 bits per heavy atom. The van der Waals surface area contributed by atoms with Crippen LogP contribution in [0.1, 0.15) is 37.4 Å². The van der Waals surface area contributed by atoms with Gasteiger partial charge in [0.05, 0.1) is 20.2 Å². The Morgan fingerprint density at radius 2 is 2.05 bits per heavy atom. The van der Waals surface area contributed by atoms with Crippen LogP contribution in [0.4, 0.5) is 0 Å². The minimum absolute atomic E-state index is 0.164. The Bertz CT molecular complexity index is 585. The SMILES string of the molecule is CCCOc1cccc(C(NCC)c2cc(Br)sc2Br)c1. The molecule has 5 heteroatoms. The van der Waals surface area contributed by atoms with Gasteiger partial charge in [0, 0.05) is 0 Å². The molecule has 114 valence electrons. The van der Waals surface area contributed by atoms with E-state index < -0.39 is 0 Å². The molecule has 1 aromatic carbocycles. The molecule has 1 unspecified atom stereocenters.